The van der Waals surface area contributed by atoms with E-state index in [1.165, 1.54) is 33.2 Å². The van der Waals surface area contributed by atoms with E-state index in [-0.39, 0.29) is 35.4 Å². The minimum atomic E-state index is -0.133. The Kier molecular flexibility index (Phi) is 8.89. The van der Waals surface area contributed by atoms with Gasteiger partial charge in [0.15, 0.2) is 0 Å². The molecule has 0 amide bonds. The van der Waals surface area contributed by atoms with Crippen LogP contribution in [-0.2, 0) is 19.4 Å². The Morgan fingerprint density at radius 2 is 1.71 bits per heavy atom. The molecular weight excluding hydrogens is 442 g/mol. The predicted molar refractivity (Wildman–Crippen MR) is 143 cm³/mol. The summed E-state index contributed by atoms with van der Waals surface area (Å²) in [6, 6.07) is 1.64. The smallest absolute Gasteiger partial charge is 0.335 e. The van der Waals surface area contributed by atoms with Crippen molar-refractivity contribution in [3.8, 4) is 0 Å². The van der Waals surface area contributed by atoms with Gasteiger partial charge in [0.2, 0.25) is 0 Å². The van der Waals surface area contributed by atoms with Gasteiger partial charge in [0.1, 0.15) is 5.82 Å². The van der Waals surface area contributed by atoms with Gasteiger partial charge in [-0.1, -0.05) is 39.5 Å². The third kappa shape index (κ3) is 4.49. The number of halogens is 1. The third-order valence-corrected chi connectivity index (χ3v) is 7.61. The van der Waals surface area contributed by atoms with Crippen LogP contribution in [0.5, 0.6) is 0 Å². The maximum absolute atomic E-state index is 14.6. The van der Waals surface area contributed by atoms with Crippen molar-refractivity contribution in [1.82, 2.24) is 9.88 Å². The molecular formula is C31H38FN2Na. The molecule has 2 aliphatic carbocycles. The molecule has 0 saturated carbocycles. The van der Waals surface area contributed by atoms with Crippen LogP contribution in [0.3, 0.4) is 0 Å². The average Bonchev–Trinajstić information content (AvgIpc) is 3.21. The first kappa shape index (κ1) is 27.9. The normalized spacial score (nSPS) is 19.5. The fourth-order valence-electron chi connectivity index (χ4n) is 5.82. The average molecular weight is 481 g/mol. The van der Waals surface area contributed by atoms with Crippen molar-refractivity contribution in [3.05, 3.63) is 87.9 Å². The predicted octanol–water partition coefficient (Wildman–Crippen LogP) is 5.40. The van der Waals surface area contributed by atoms with E-state index >= 15 is 0 Å². The zero-order valence-corrected chi connectivity index (χ0v) is 24.7. The fourth-order valence-corrected chi connectivity index (χ4v) is 5.82. The Morgan fingerprint density at radius 3 is 2.40 bits per heavy atom. The molecule has 2 aromatic rings. The quantitative estimate of drug-likeness (QED) is 0.285. The van der Waals surface area contributed by atoms with Crippen LogP contribution in [0.25, 0.3) is 16.6 Å². The standard InChI is InChI=1S/C26H25FN2.C3H7.C2H6.Na/c1-13-8-9-18-16(4)29-12-21-19-7-5-6-17-15(3)22(27)11-23(25(17)19)28-26(21)24(29)10-20(18)14(13)2;1-3-2;1-2;/h10-11,14H,1,4-9,12H2,2-3H3;3H,1-2H3;1-2H3;/q;-1;;+1. The van der Waals surface area contributed by atoms with Gasteiger partial charge in [0.25, 0.3) is 0 Å². The van der Waals surface area contributed by atoms with Crippen molar-refractivity contribution in [2.45, 2.75) is 80.2 Å². The number of rotatable bonds is 0. The van der Waals surface area contributed by atoms with Crippen LogP contribution in [0.4, 0.5) is 4.39 Å². The molecule has 0 saturated heterocycles. The van der Waals surface area contributed by atoms with Crippen LogP contribution in [-0.4, -0.2) is 9.88 Å². The van der Waals surface area contributed by atoms with Crippen molar-refractivity contribution in [3.63, 3.8) is 0 Å². The Bertz CT molecular complexity index is 1250. The van der Waals surface area contributed by atoms with Crippen LogP contribution >= 0.6 is 0 Å². The molecule has 4 heteroatoms. The molecule has 2 aliphatic heterocycles. The van der Waals surface area contributed by atoms with Gasteiger partial charge in [-0.25, -0.2) is 9.37 Å². The summed E-state index contributed by atoms with van der Waals surface area (Å²) in [6.07, 6.45) is 9.44. The largest absolute Gasteiger partial charge is 1.00 e. The van der Waals surface area contributed by atoms with Crippen molar-refractivity contribution in [1.29, 1.82) is 0 Å². The molecule has 1 atom stereocenters. The molecule has 1 aromatic heterocycles. The minimum absolute atomic E-state index is 0. The van der Waals surface area contributed by atoms with Crippen molar-refractivity contribution < 1.29 is 33.9 Å². The summed E-state index contributed by atoms with van der Waals surface area (Å²) >= 11 is 0. The SMILES string of the molecule is C=C1CCC2=C(C=C3c4nc5cc(F)c(C)c6c5c(c4CN3C2=C)CCC6)C1C.CC.C[CH-]C.[Na+]. The molecule has 2 nitrogen and oxygen atoms in total. The zero-order valence-electron chi connectivity index (χ0n) is 22.7. The van der Waals surface area contributed by atoms with Gasteiger partial charge in [0.05, 0.1) is 23.5 Å². The van der Waals surface area contributed by atoms with Gasteiger partial charge >= 0.3 is 29.6 Å². The zero-order chi connectivity index (χ0) is 24.7. The molecule has 0 radical (unpaired) electrons. The van der Waals surface area contributed by atoms with Gasteiger partial charge in [-0.2, -0.15) is 13.8 Å². The van der Waals surface area contributed by atoms with Gasteiger partial charge < -0.3 is 11.3 Å². The molecule has 0 spiro atoms. The third-order valence-electron chi connectivity index (χ3n) is 7.61. The van der Waals surface area contributed by atoms with E-state index in [1.807, 2.05) is 41.0 Å². The van der Waals surface area contributed by atoms with Crippen LogP contribution in [0, 0.1) is 25.1 Å². The van der Waals surface area contributed by atoms with Gasteiger partial charge in [0, 0.05) is 28.6 Å². The molecule has 35 heavy (non-hydrogen) atoms. The van der Waals surface area contributed by atoms with E-state index in [0.717, 1.165) is 72.4 Å². The summed E-state index contributed by atoms with van der Waals surface area (Å²) in [6.45, 7) is 21.7. The molecule has 6 rings (SSSR count). The molecule has 1 aromatic carbocycles. The number of allylic oxidation sites excluding steroid dienone is 4. The first-order valence-electron chi connectivity index (χ1n) is 12.8. The molecule has 4 aliphatic rings. The fraction of sp³-hybridized carbons (Fsp3) is 0.419. The number of aryl methyl sites for hydroxylation is 2. The molecule has 3 heterocycles. The number of pyridine rings is 1. The topological polar surface area (TPSA) is 16.1 Å². The first-order chi connectivity index (χ1) is 16.4. The molecule has 1 unspecified atom stereocenters. The maximum Gasteiger partial charge on any atom is 1.00 e. The number of hydrogen-bond donors (Lipinski definition) is 0. The first-order valence-corrected chi connectivity index (χ1v) is 12.8. The summed E-state index contributed by atoms with van der Waals surface area (Å²) in [5.74, 6) is 0.214. The van der Waals surface area contributed by atoms with E-state index in [2.05, 4.69) is 31.1 Å². The van der Waals surface area contributed by atoms with Crippen LogP contribution in [0.2, 0.25) is 0 Å². The summed E-state index contributed by atoms with van der Waals surface area (Å²) in [5, 5.41) is 1.21. The summed E-state index contributed by atoms with van der Waals surface area (Å²) in [7, 11) is 0. The number of fused-ring (bicyclic) bond motifs is 4. The molecule has 0 fully saturated rings. The summed E-state index contributed by atoms with van der Waals surface area (Å²) in [4.78, 5) is 7.36. The van der Waals surface area contributed by atoms with E-state index in [9.17, 15) is 4.39 Å². The second-order valence-electron chi connectivity index (χ2n) is 9.58. The Hall–Kier alpha value is -1.68. The number of nitrogens with zero attached hydrogens (tertiary/aromatic N) is 2. The van der Waals surface area contributed by atoms with E-state index in [0.29, 0.717) is 5.92 Å². The van der Waals surface area contributed by atoms with E-state index < -0.39 is 0 Å². The number of aromatic nitrogens is 1. The second kappa shape index (κ2) is 11.2. The Labute approximate surface area is 233 Å². The van der Waals surface area contributed by atoms with Gasteiger partial charge in [-0.3, -0.25) is 0 Å². The van der Waals surface area contributed by atoms with Crippen molar-refractivity contribution >= 4 is 16.6 Å². The van der Waals surface area contributed by atoms with Gasteiger partial charge in [-0.15, -0.1) is 0 Å². The number of hydrogen-bond acceptors (Lipinski definition) is 2. The summed E-state index contributed by atoms with van der Waals surface area (Å²) in [5.41, 5.74) is 12.8. The Morgan fingerprint density at radius 1 is 1.06 bits per heavy atom. The van der Waals surface area contributed by atoms with Crippen LogP contribution in [0.15, 0.2) is 47.7 Å². The maximum atomic E-state index is 14.6. The molecule has 0 N–H and O–H groups in total. The monoisotopic (exact) mass is 480 g/mol. The van der Waals surface area contributed by atoms with Crippen molar-refractivity contribution in [2.75, 3.05) is 0 Å². The van der Waals surface area contributed by atoms with E-state index in [1.54, 1.807) is 6.07 Å². The number of benzene rings is 1. The van der Waals surface area contributed by atoms with E-state index in [4.69, 9.17) is 4.98 Å². The van der Waals surface area contributed by atoms with Crippen molar-refractivity contribution in [2.24, 2.45) is 5.92 Å². The molecule has 180 valence electrons. The Balaban J connectivity index is 0.000000533. The minimum Gasteiger partial charge on any atom is -0.335 e. The molecule has 0 bridgehead atoms. The van der Waals surface area contributed by atoms with Crippen LogP contribution < -0.4 is 29.6 Å². The van der Waals surface area contributed by atoms with Crippen LogP contribution in [0.1, 0.15) is 81.8 Å². The van der Waals surface area contributed by atoms with Gasteiger partial charge in [-0.05, 0) is 72.9 Å². The second-order valence-corrected chi connectivity index (χ2v) is 9.58. The summed E-state index contributed by atoms with van der Waals surface area (Å²) < 4.78 is 14.6.